The van der Waals surface area contributed by atoms with Crippen molar-refractivity contribution >= 4 is 28.4 Å². The van der Waals surface area contributed by atoms with Crippen molar-refractivity contribution in [2.24, 2.45) is 11.7 Å². The van der Waals surface area contributed by atoms with Gasteiger partial charge in [0, 0.05) is 4.90 Å². The zero-order chi connectivity index (χ0) is 18.8. The van der Waals surface area contributed by atoms with Crippen LogP contribution in [0.4, 0.5) is 0 Å². The molecule has 0 fully saturated rings. The van der Waals surface area contributed by atoms with E-state index in [0.29, 0.717) is 5.56 Å². The third-order valence-corrected chi connectivity index (χ3v) is 5.96. The largest absolute Gasteiger partial charge is 0.366 e. The van der Waals surface area contributed by atoms with Crippen molar-refractivity contribution in [1.29, 1.82) is 0 Å². The van der Waals surface area contributed by atoms with E-state index in [1.165, 1.54) is 51.4 Å². The number of amides is 1. The molecule has 0 atom stereocenters. The fraction of sp³-hybridized carbons (Fsp3) is 0.522. The molecule has 0 aliphatic carbocycles. The van der Waals surface area contributed by atoms with Crippen LogP contribution in [0.25, 0.3) is 10.8 Å². The zero-order valence-corrected chi connectivity index (χ0v) is 17.1. The minimum absolute atomic E-state index is 0.328. The van der Waals surface area contributed by atoms with Crippen LogP contribution in [0.15, 0.2) is 41.3 Å². The Kier molecular flexibility index (Phi) is 9.04. The predicted octanol–water partition coefficient (Wildman–Crippen LogP) is 6.81. The summed E-state index contributed by atoms with van der Waals surface area (Å²) in [5.41, 5.74) is 6.34. The van der Waals surface area contributed by atoms with E-state index in [2.05, 4.69) is 19.9 Å². The number of benzene rings is 2. The number of fused-ring (bicyclic) bond motifs is 1. The second-order valence-corrected chi connectivity index (χ2v) is 8.67. The van der Waals surface area contributed by atoms with E-state index in [1.807, 2.05) is 30.3 Å². The Hall–Kier alpha value is -1.48. The molecule has 0 bridgehead atoms. The average Bonchev–Trinajstić information content (AvgIpc) is 2.62. The third-order valence-electron chi connectivity index (χ3n) is 4.82. The van der Waals surface area contributed by atoms with Gasteiger partial charge < -0.3 is 5.73 Å². The standard InChI is InChI=1S/C23H33NOS/c1-18(2)12-8-6-4-3-5-7-11-17-26-21-16-15-19-13-9-10-14-20(19)22(21)23(24)25/h9-10,13-16,18H,3-8,11-12,17H2,1-2H3,(H2,24,25). The van der Waals surface area contributed by atoms with Crippen LogP contribution in [0.5, 0.6) is 0 Å². The Morgan fingerprint density at radius 2 is 1.58 bits per heavy atom. The van der Waals surface area contributed by atoms with Crippen LogP contribution in [0.1, 0.15) is 75.6 Å². The number of carbonyl (C=O) groups is 1. The lowest BCUT2D eigenvalue weighted by molar-refractivity contribution is 0.0999. The zero-order valence-electron chi connectivity index (χ0n) is 16.3. The van der Waals surface area contributed by atoms with Crippen LogP contribution in [-0.2, 0) is 0 Å². The van der Waals surface area contributed by atoms with Gasteiger partial charge in [-0.3, -0.25) is 4.79 Å². The molecule has 0 aromatic heterocycles. The van der Waals surface area contributed by atoms with E-state index in [1.54, 1.807) is 11.8 Å². The first kappa shape index (κ1) is 20.8. The molecule has 2 aromatic rings. The summed E-state index contributed by atoms with van der Waals surface area (Å²) < 4.78 is 0. The number of thioether (sulfide) groups is 1. The summed E-state index contributed by atoms with van der Waals surface area (Å²) in [6.07, 6.45) is 10.6. The topological polar surface area (TPSA) is 43.1 Å². The van der Waals surface area contributed by atoms with Crippen molar-refractivity contribution in [3.8, 4) is 0 Å². The molecule has 0 saturated carbocycles. The molecule has 0 aliphatic heterocycles. The minimum Gasteiger partial charge on any atom is -0.366 e. The molecule has 0 radical (unpaired) electrons. The van der Waals surface area contributed by atoms with E-state index in [4.69, 9.17) is 5.73 Å². The SMILES string of the molecule is CC(C)CCCCCCCCCSc1ccc2ccccc2c1C(N)=O. The molecule has 1 amide bonds. The Bertz CT molecular complexity index is 696. The number of primary amides is 1. The van der Waals surface area contributed by atoms with E-state index >= 15 is 0 Å². The van der Waals surface area contributed by atoms with E-state index in [9.17, 15) is 4.79 Å². The molecule has 2 nitrogen and oxygen atoms in total. The summed E-state index contributed by atoms with van der Waals surface area (Å²) in [6, 6.07) is 12.1. The highest BCUT2D eigenvalue weighted by molar-refractivity contribution is 7.99. The van der Waals surface area contributed by atoms with Gasteiger partial charge in [0.05, 0.1) is 5.56 Å². The molecule has 0 unspecified atom stereocenters. The van der Waals surface area contributed by atoms with Gasteiger partial charge in [-0.25, -0.2) is 0 Å². The van der Waals surface area contributed by atoms with E-state index in [0.717, 1.165) is 27.3 Å². The third kappa shape index (κ3) is 6.68. The van der Waals surface area contributed by atoms with Gasteiger partial charge in [0.2, 0.25) is 5.91 Å². The van der Waals surface area contributed by atoms with Crippen molar-refractivity contribution in [2.45, 2.75) is 70.1 Å². The quantitative estimate of drug-likeness (QED) is 0.329. The lowest BCUT2D eigenvalue weighted by Gasteiger charge is -2.10. The minimum atomic E-state index is -0.328. The van der Waals surface area contributed by atoms with Crippen LogP contribution in [-0.4, -0.2) is 11.7 Å². The molecule has 0 aliphatic rings. The van der Waals surface area contributed by atoms with Crippen molar-refractivity contribution < 1.29 is 4.79 Å². The number of hydrogen-bond acceptors (Lipinski definition) is 2. The lowest BCUT2D eigenvalue weighted by Crippen LogP contribution is -2.13. The van der Waals surface area contributed by atoms with Crippen molar-refractivity contribution in [3.05, 3.63) is 42.0 Å². The number of carbonyl (C=O) groups excluding carboxylic acids is 1. The number of rotatable bonds is 12. The number of nitrogens with two attached hydrogens (primary N) is 1. The summed E-state index contributed by atoms with van der Waals surface area (Å²) in [5.74, 6) is 1.56. The maximum absolute atomic E-state index is 11.9. The molecule has 0 saturated heterocycles. The fourth-order valence-electron chi connectivity index (χ4n) is 3.35. The lowest BCUT2D eigenvalue weighted by atomic mass is 10.0. The van der Waals surface area contributed by atoms with Gasteiger partial charge >= 0.3 is 0 Å². The van der Waals surface area contributed by atoms with E-state index in [-0.39, 0.29) is 5.91 Å². The molecule has 0 spiro atoms. The Morgan fingerprint density at radius 1 is 0.923 bits per heavy atom. The van der Waals surface area contributed by atoms with Gasteiger partial charge in [0.1, 0.15) is 0 Å². The molecule has 142 valence electrons. The van der Waals surface area contributed by atoms with Gasteiger partial charge in [0.25, 0.3) is 0 Å². The van der Waals surface area contributed by atoms with Crippen LogP contribution in [0, 0.1) is 5.92 Å². The molecule has 2 rings (SSSR count). The Balaban J connectivity index is 1.71. The highest BCUT2D eigenvalue weighted by atomic mass is 32.2. The predicted molar refractivity (Wildman–Crippen MR) is 115 cm³/mol. The van der Waals surface area contributed by atoms with Crippen LogP contribution in [0.2, 0.25) is 0 Å². The van der Waals surface area contributed by atoms with Crippen molar-refractivity contribution in [1.82, 2.24) is 0 Å². The monoisotopic (exact) mass is 371 g/mol. The first-order chi connectivity index (χ1) is 12.6. The molecular weight excluding hydrogens is 338 g/mol. The van der Waals surface area contributed by atoms with Crippen molar-refractivity contribution in [3.63, 3.8) is 0 Å². The first-order valence-electron chi connectivity index (χ1n) is 10.0. The molecule has 0 heterocycles. The maximum atomic E-state index is 11.9. The summed E-state index contributed by atoms with van der Waals surface area (Å²) in [5, 5.41) is 2.04. The van der Waals surface area contributed by atoms with Gasteiger partial charge in [0.15, 0.2) is 0 Å². The van der Waals surface area contributed by atoms with Crippen LogP contribution < -0.4 is 5.73 Å². The summed E-state index contributed by atoms with van der Waals surface area (Å²) >= 11 is 1.76. The maximum Gasteiger partial charge on any atom is 0.250 e. The smallest absolute Gasteiger partial charge is 0.250 e. The Labute approximate surface area is 162 Å². The summed E-state index contributed by atoms with van der Waals surface area (Å²) in [4.78, 5) is 13.0. The summed E-state index contributed by atoms with van der Waals surface area (Å²) in [7, 11) is 0. The second kappa shape index (κ2) is 11.3. The van der Waals surface area contributed by atoms with Gasteiger partial charge in [-0.2, -0.15) is 0 Å². The fourth-order valence-corrected chi connectivity index (χ4v) is 4.43. The van der Waals surface area contributed by atoms with E-state index < -0.39 is 0 Å². The normalized spacial score (nSPS) is 11.3. The Morgan fingerprint density at radius 3 is 2.27 bits per heavy atom. The average molecular weight is 372 g/mol. The highest BCUT2D eigenvalue weighted by Crippen LogP contribution is 2.30. The molecular formula is C23H33NOS. The van der Waals surface area contributed by atoms with Gasteiger partial charge in [-0.05, 0) is 34.9 Å². The molecule has 3 heteroatoms. The van der Waals surface area contributed by atoms with Gasteiger partial charge in [-0.15, -0.1) is 11.8 Å². The molecule has 2 aromatic carbocycles. The first-order valence-corrected chi connectivity index (χ1v) is 11.0. The highest BCUT2D eigenvalue weighted by Gasteiger charge is 2.12. The van der Waals surface area contributed by atoms with Gasteiger partial charge in [-0.1, -0.05) is 89.1 Å². The van der Waals surface area contributed by atoms with Crippen LogP contribution >= 0.6 is 11.8 Å². The molecule has 26 heavy (non-hydrogen) atoms. The second-order valence-electron chi connectivity index (χ2n) is 7.53. The number of hydrogen-bond donors (Lipinski definition) is 1. The molecule has 2 N–H and O–H groups in total. The van der Waals surface area contributed by atoms with Crippen molar-refractivity contribution in [2.75, 3.05) is 5.75 Å². The summed E-state index contributed by atoms with van der Waals surface area (Å²) in [6.45, 7) is 4.60. The van der Waals surface area contributed by atoms with Crippen LogP contribution in [0.3, 0.4) is 0 Å². The number of unbranched alkanes of at least 4 members (excludes halogenated alkanes) is 6.